The Morgan fingerprint density at radius 2 is 1.29 bits per heavy atom. The molecule has 5 aromatic rings. The first-order valence-electron chi connectivity index (χ1n) is 17.1. The Kier molecular flexibility index (Phi) is 11.0. The fourth-order valence-electron chi connectivity index (χ4n) is 6.93. The van der Waals surface area contributed by atoms with Crippen LogP contribution in [-0.4, -0.2) is 49.3 Å². The van der Waals surface area contributed by atoms with Gasteiger partial charge in [0.25, 0.3) is 0 Å². The van der Waals surface area contributed by atoms with Gasteiger partial charge >= 0.3 is 0 Å². The number of hydrogen-bond acceptors (Lipinski definition) is 7. The van der Waals surface area contributed by atoms with Crippen LogP contribution in [0.15, 0.2) is 121 Å². The normalized spacial score (nSPS) is 23.8. The maximum Gasteiger partial charge on any atom is 0.225 e. The number of rotatable bonds is 14. The molecule has 2 heterocycles. The highest BCUT2D eigenvalue weighted by molar-refractivity contribution is 6.31. The number of aliphatic hydroxyl groups excluding tert-OH is 1. The highest BCUT2D eigenvalue weighted by atomic mass is 35.5. The minimum Gasteiger partial charge on any atom is -0.494 e. The van der Waals surface area contributed by atoms with Gasteiger partial charge in [-0.15, -0.1) is 0 Å². The van der Waals surface area contributed by atoms with Gasteiger partial charge < -0.3 is 33.5 Å². The Morgan fingerprint density at radius 3 is 1.87 bits per heavy atom. The molecule has 0 aliphatic carbocycles. The standard InChI is InChI=1S/C42H39ClF2O7/c1-47-35-20-17-31(36(44)37(35)45)21-32-22-33(18-19-34(32)43)42-40(50-25-30-15-9-4-10-16-30)38(48-23-28-11-5-2-6-12-28)39(41(26-46,52-42)27-51-42)49-24-29-13-7-3-8-14-29/h2-20,22,38-40,46H,21,23-27H2,1H3/t38-,39-,40-,41-,42-/m0/s1. The Labute approximate surface area is 306 Å². The quantitative estimate of drug-likeness (QED) is 0.125. The van der Waals surface area contributed by atoms with Crippen molar-refractivity contribution in [2.24, 2.45) is 0 Å². The lowest BCUT2D eigenvalue weighted by Gasteiger charge is -2.50. The molecule has 1 N–H and O–H groups in total. The largest absolute Gasteiger partial charge is 0.494 e. The molecule has 0 saturated carbocycles. The van der Waals surface area contributed by atoms with Crippen LogP contribution in [0.2, 0.25) is 5.02 Å². The summed E-state index contributed by atoms with van der Waals surface area (Å²) in [5.74, 6) is -3.92. The van der Waals surface area contributed by atoms with Gasteiger partial charge in [-0.3, -0.25) is 0 Å². The topological polar surface area (TPSA) is 75.6 Å². The summed E-state index contributed by atoms with van der Waals surface area (Å²) in [7, 11) is 1.28. The molecule has 5 atom stereocenters. The summed E-state index contributed by atoms with van der Waals surface area (Å²) < 4.78 is 68.6. The molecular formula is C42H39ClF2O7. The van der Waals surface area contributed by atoms with Crippen molar-refractivity contribution in [3.63, 3.8) is 0 Å². The molecule has 7 nitrogen and oxygen atoms in total. The second-order valence-electron chi connectivity index (χ2n) is 13.0. The van der Waals surface area contributed by atoms with Crippen LogP contribution in [0.5, 0.6) is 5.75 Å². The van der Waals surface area contributed by atoms with Gasteiger partial charge in [-0.2, -0.15) is 4.39 Å². The number of fused-ring (bicyclic) bond motifs is 2. The van der Waals surface area contributed by atoms with E-state index in [0.29, 0.717) is 16.1 Å². The summed E-state index contributed by atoms with van der Waals surface area (Å²) in [4.78, 5) is 0. The van der Waals surface area contributed by atoms with Gasteiger partial charge in [-0.25, -0.2) is 4.39 Å². The molecule has 2 aliphatic rings. The van der Waals surface area contributed by atoms with Crippen molar-refractivity contribution >= 4 is 11.6 Å². The third kappa shape index (κ3) is 7.23. The van der Waals surface area contributed by atoms with Crippen LogP contribution >= 0.6 is 11.6 Å². The zero-order chi connectivity index (χ0) is 36.1. The molecule has 0 spiro atoms. The summed E-state index contributed by atoms with van der Waals surface area (Å²) in [5.41, 5.74) is 2.51. The fourth-order valence-corrected chi connectivity index (χ4v) is 7.12. The highest BCUT2D eigenvalue weighted by Crippen LogP contribution is 2.53. The van der Waals surface area contributed by atoms with Crippen LogP contribution in [-0.2, 0) is 55.7 Å². The van der Waals surface area contributed by atoms with Crippen LogP contribution < -0.4 is 4.74 Å². The minimum atomic E-state index is -1.62. The van der Waals surface area contributed by atoms with E-state index in [-0.39, 0.29) is 44.2 Å². The van der Waals surface area contributed by atoms with E-state index in [4.69, 9.17) is 40.0 Å². The minimum absolute atomic E-state index is 0.0348. The van der Waals surface area contributed by atoms with Crippen molar-refractivity contribution in [1.82, 2.24) is 0 Å². The van der Waals surface area contributed by atoms with E-state index in [1.165, 1.54) is 19.2 Å². The zero-order valence-electron chi connectivity index (χ0n) is 28.6. The zero-order valence-corrected chi connectivity index (χ0v) is 29.3. The summed E-state index contributed by atoms with van der Waals surface area (Å²) >= 11 is 6.70. The highest BCUT2D eigenvalue weighted by Gasteiger charge is 2.69. The Hall–Kier alpha value is -4.19. The van der Waals surface area contributed by atoms with Crippen molar-refractivity contribution < 1.29 is 42.3 Å². The van der Waals surface area contributed by atoms with E-state index in [2.05, 4.69) is 0 Å². The number of ether oxygens (including phenoxy) is 6. The number of halogens is 3. The number of methoxy groups -OCH3 is 1. The van der Waals surface area contributed by atoms with Gasteiger partial charge in [-0.05, 0) is 46.0 Å². The van der Waals surface area contributed by atoms with Crippen molar-refractivity contribution in [1.29, 1.82) is 0 Å². The molecule has 0 radical (unpaired) electrons. The molecule has 2 bridgehead atoms. The molecule has 270 valence electrons. The average molecular weight is 729 g/mol. The Bertz CT molecular complexity index is 1950. The van der Waals surface area contributed by atoms with Crippen LogP contribution in [0.1, 0.15) is 33.4 Å². The average Bonchev–Trinajstić information content (AvgIpc) is 3.54. The third-order valence-corrected chi connectivity index (χ3v) is 10.0. The molecule has 10 heteroatoms. The molecule has 0 aromatic heterocycles. The second kappa shape index (κ2) is 15.8. The summed E-state index contributed by atoms with van der Waals surface area (Å²) in [6, 6.07) is 37.1. The van der Waals surface area contributed by atoms with Crippen LogP contribution in [0.3, 0.4) is 0 Å². The van der Waals surface area contributed by atoms with E-state index in [9.17, 15) is 9.50 Å². The van der Waals surface area contributed by atoms with Crippen molar-refractivity contribution in [3.8, 4) is 5.75 Å². The van der Waals surface area contributed by atoms with Gasteiger partial charge in [0, 0.05) is 17.0 Å². The first-order chi connectivity index (χ1) is 25.4. The molecule has 2 fully saturated rings. The van der Waals surface area contributed by atoms with E-state index in [0.717, 1.165) is 16.7 Å². The van der Waals surface area contributed by atoms with Crippen LogP contribution in [0, 0.1) is 11.6 Å². The molecular weight excluding hydrogens is 690 g/mol. The first-order valence-corrected chi connectivity index (χ1v) is 17.4. The van der Waals surface area contributed by atoms with E-state index in [1.807, 2.05) is 91.0 Å². The number of aliphatic hydroxyl groups is 1. The third-order valence-electron chi connectivity index (χ3n) is 9.65. The first kappa shape index (κ1) is 36.2. The van der Waals surface area contributed by atoms with E-state index < -0.39 is 47.9 Å². The molecule has 0 amide bonds. The Balaban J connectivity index is 1.31. The van der Waals surface area contributed by atoms with Gasteiger partial charge in [0.1, 0.15) is 23.9 Å². The summed E-state index contributed by atoms with van der Waals surface area (Å²) in [6.45, 7) is 0.125. The maximum atomic E-state index is 15.2. The number of benzene rings is 5. The molecule has 7 rings (SSSR count). The number of hydrogen-bond donors (Lipinski definition) is 1. The van der Waals surface area contributed by atoms with E-state index >= 15 is 4.39 Å². The molecule has 2 aliphatic heterocycles. The summed E-state index contributed by atoms with van der Waals surface area (Å²) in [6.07, 6.45) is -2.62. The molecule has 5 aromatic carbocycles. The molecule has 0 unspecified atom stereocenters. The summed E-state index contributed by atoms with van der Waals surface area (Å²) in [5, 5.41) is 11.4. The van der Waals surface area contributed by atoms with Crippen LogP contribution in [0.4, 0.5) is 8.78 Å². The smallest absolute Gasteiger partial charge is 0.225 e. The van der Waals surface area contributed by atoms with Crippen molar-refractivity contribution in [3.05, 3.63) is 171 Å². The van der Waals surface area contributed by atoms with Gasteiger partial charge in [-0.1, -0.05) is 115 Å². The lowest BCUT2D eigenvalue weighted by Crippen LogP contribution is -2.67. The van der Waals surface area contributed by atoms with Crippen LogP contribution in [0.25, 0.3) is 0 Å². The van der Waals surface area contributed by atoms with Gasteiger partial charge in [0.15, 0.2) is 11.6 Å². The van der Waals surface area contributed by atoms with Crippen molar-refractivity contribution in [2.45, 2.75) is 55.9 Å². The monoisotopic (exact) mass is 728 g/mol. The SMILES string of the molecule is COc1ccc(Cc2cc([C@]34OC[C@](CO)(O3)[C@@H](OCc3ccccc3)[C@H](OCc3ccccc3)[C@@H]4OCc3ccccc3)ccc2Cl)c(F)c1F. The van der Waals surface area contributed by atoms with Gasteiger partial charge in [0.05, 0.1) is 40.1 Å². The lowest BCUT2D eigenvalue weighted by molar-refractivity contribution is -0.353. The molecule has 2 saturated heterocycles. The molecule has 52 heavy (non-hydrogen) atoms. The fraction of sp³-hybridized carbons (Fsp3) is 0.286. The Morgan fingerprint density at radius 1 is 0.712 bits per heavy atom. The van der Waals surface area contributed by atoms with E-state index in [1.54, 1.807) is 18.2 Å². The maximum absolute atomic E-state index is 15.2. The predicted molar refractivity (Wildman–Crippen MR) is 191 cm³/mol. The lowest BCUT2D eigenvalue weighted by atomic mass is 9.83. The second-order valence-corrected chi connectivity index (χ2v) is 13.4. The predicted octanol–water partition coefficient (Wildman–Crippen LogP) is 7.92. The van der Waals surface area contributed by atoms with Crippen molar-refractivity contribution in [2.75, 3.05) is 20.3 Å². The van der Waals surface area contributed by atoms with Gasteiger partial charge in [0.2, 0.25) is 11.6 Å².